The van der Waals surface area contributed by atoms with Crippen molar-refractivity contribution in [1.29, 1.82) is 0 Å². The molecule has 0 radical (unpaired) electrons. The van der Waals surface area contributed by atoms with E-state index in [1.54, 1.807) is 30.5 Å². The Morgan fingerprint density at radius 1 is 1.08 bits per heavy atom. The maximum Gasteiger partial charge on any atom is 0.262 e. The minimum atomic E-state index is -0.516. The molecule has 0 aliphatic carbocycles. The van der Waals surface area contributed by atoms with E-state index < -0.39 is 5.91 Å². The van der Waals surface area contributed by atoms with Crippen LogP contribution in [0.2, 0.25) is 0 Å². The molecule has 126 valence electrons. The van der Waals surface area contributed by atoms with Crippen molar-refractivity contribution >= 4 is 17.5 Å². The topological polar surface area (TPSA) is 107 Å². The van der Waals surface area contributed by atoms with Crippen molar-refractivity contribution in [3.05, 3.63) is 66.7 Å². The molecule has 1 heterocycles. The van der Waals surface area contributed by atoms with Gasteiger partial charge in [-0.3, -0.25) is 9.59 Å². The third kappa shape index (κ3) is 4.23. The number of rotatable bonds is 6. The minimum absolute atomic E-state index is 0.153. The van der Waals surface area contributed by atoms with Gasteiger partial charge >= 0.3 is 0 Å². The number of benzene rings is 2. The lowest BCUT2D eigenvalue weighted by atomic mass is 10.2. The van der Waals surface area contributed by atoms with E-state index in [0.717, 1.165) is 5.56 Å². The lowest BCUT2D eigenvalue weighted by Gasteiger charge is -2.08. The molecule has 0 fully saturated rings. The van der Waals surface area contributed by atoms with Gasteiger partial charge < -0.3 is 20.2 Å². The van der Waals surface area contributed by atoms with E-state index in [4.69, 9.17) is 14.9 Å². The first-order chi connectivity index (χ1) is 12.1. The molecule has 0 saturated heterocycles. The average molecular weight is 337 g/mol. The Hall–Kier alpha value is -3.61. The Kier molecular flexibility index (Phi) is 4.75. The quantitative estimate of drug-likeness (QED) is 0.718. The number of nitrogens with one attached hydrogen (secondary N) is 1. The van der Waals surface area contributed by atoms with E-state index in [0.29, 0.717) is 22.8 Å². The second-order valence-electron chi connectivity index (χ2n) is 5.17. The van der Waals surface area contributed by atoms with E-state index in [9.17, 15) is 9.59 Å². The van der Waals surface area contributed by atoms with E-state index in [2.05, 4.69) is 10.3 Å². The van der Waals surface area contributed by atoms with Crippen LogP contribution in [0.25, 0.3) is 11.3 Å². The van der Waals surface area contributed by atoms with Crippen LogP contribution in [0.4, 0.5) is 5.69 Å². The molecule has 0 bridgehead atoms. The molecule has 1 aromatic heterocycles. The number of hydrogen-bond acceptors (Lipinski definition) is 5. The highest BCUT2D eigenvalue weighted by Gasteiger charge is 2.06. The largest absolute Gasteiger partial charge is 0.484 e. The molecule has 0 saturated carbocycles. The zero-order valence-electron chi connectivity index (χ0n) is 13.1. The number of nitrogens with zero attached hydrogens (tertiary/aromatic N) is 1. The Morgan fingerprint density at radius 3 is 2.40 bits per heavy atom. The number of anilines is 1. The number of oxazole rings is 1. The fraction of sp³-hybridized carbons (Fsp3) is 0.0556. The van der Waals surface area contributed by atoms with Gasteiger partial charge in [-0.25, -0.2) is 4.98 Å². The van der Waals surface area contributed by atoms with Gasteiger partial charge in [0.1, 0.15) is 5.75 Å². The minimum Gasteiger partial charge on any atom is -0.484 e. The summed E-state index contributed by atoms with van der Waals surface area (Å²) in [6.07, 6.45) is 2.98. The number of amides is 2. The lowest BCUT2D eigenvalue weighted by molar-refractivity contribution is -0.118. The predicted octanol–water partition coefficient (Wildman–Crippen LogP) is 2.46. The van der Waals surface area contributed by atoms with E-state index in [1.165, 1.54) is 18.5 Å². The monoisotopic (exact) mass is 337 g/mol. The number of primary amides is 1. The molecule has 3 N–H and O–H groups in total. The van der Waals surface area contributed by atoms with Gasteiger partial charge in [0.2, 0.25) is 5.91 Å². The first-order valence-corrected chi connectivity index (χ1v) is 7.43. The number of carbonyl (C=O) groups is 2. The summed E-state index contributed by atoms with van der Waals surface area (Å²) in [6, 6.07) is 13.4. The number of ether oxygens (including phenoxy) is 1. The number of nitrogens with two attached hydrogens (primary N) is 1. The summed E-state index contributed by atoms with van der Waals surface area (Å²) in [5, 5.41) is 2.73. The molecule has 0 aliphatic rings. The highest BCUT2D eigenvalue weighted by molar-refractivity contribution is 5.93. The summed E-state index contributed by atoms with van der Waals surface area (Å²) in [5.41, 5.74) is 7.04. The van der Waals surface area contributed by atoms with Crippen molar-refractivity contribution in [1.82, 2.24) is 4.98 Å². The van der Waals surface area contributed by atoms with Crippen molar-refractivity contribution in [3.8, 4) is 17.1 Å². The molecule has 7 heteroatoms. The first kappa shape index (κ1) is 16.3. The van der Waals surface area contributed by atoms with Gasteiger partial charge in [0.05, 0.1) is 6.20 Å². The number of aromatic nitrogens is 1. The van der Waals surface area contributed by atoms with Crippen LogP contribution >= 0.6 is 0 Å². The summed E-state index contributed by atoms with van der Waals surface area (Å²) in [7, 11) is 0. The van der Waals surface area contributed by atoms with Crippen molar-refractivity contribution < 1.29 is 18.7 Å². The van der Waals surface area contributed by atoms with Crippen LogP contribution in [0.1, 0.15) is 10.4 Å². The van der Waals surface area contributed by atoms with Crippen molar-refractivity contribution in [2.45, 2.75) is 0 Å². The standard InChI is InChI=1S/C18H15N3O4/c19-18(23)13-3-7-15(8-4-13)24-10-17(22)21-14-5-1-12(2-6-14)16-9-20-11-25-16/h1-9,11H,10H2,(H2,19,23)(H,21,22). The molecule has 0 unspecified atom stereocenters. The Balaban J connectivity index is 1.53. The van der Waals surface area contributed by atoms with Crippen molar-refractivity contribution in [3.63, 3.8) is 0 Å². The number of carbonyl (C=O) groups excluding carboxylic acids is 2. The number of hydrogen-bond donors (Lipinski definition) is 2. The van der Waals surface area contributed by atoms with Crippen LogP contribution in [0.3, 0.4) is 0 Å². The smallest absolute Gasteiger partial charge is 0.262 e. The van der Waals surface area contributed by atoms with Crippen LogP contribution in [0.5, 0.6) is 5.75 Å². The van der Waals surface area contributed by atoms with Crippen LogP contribution in [0, 0.1) is 0 Å². The summed E-state index contributed by atoms with van der Waals surface area (Å²) in [4.78, 5) is 26.8. The molecule has 2 amide bonds. The Bertz CT molecular complexity index is 856. The van der Waals surface area contributed by atoms with Gasteiger partial charge in [0.15, 0.2) is 18.8 Å². The van der Waals surface area contributed by atoms with Gasteiger partial charge in [-0.1, -0.05) is 0 Å². The maximum atomic E-state index is 11.9. The maximum absolute atomic E-state index is 11.9. The molecule has 2 aromatic carbocycles. The van der Waals surface area contributed by atoms with Crippen LogP contribution < -0.4 is 15.8 Å². The summed E-state index contributed by atoms with van der Waals surface area (Å²) >= 11 is 0. The van der Waals surface area contributed by atoms with Gasteiger partial charge in [0.25, 0.3) is 5.91 Å². The molecular weight excluding hydrogens is 322 g/mol. The SMILES string of the molecule is NC(=O)c1ccc(OCC(=O)Nc2ccc(-c3cnco3)cc2)cc1. The van der Waals surface area contributed by atoms with Crippen LogP contribution in [-0.4, -0.2) is 23.4 Å². The fourth-order valence-corrected chi connectivity index (χ4v) is 2.14. The molecule has 0 spiro atoms. The van der Waals surface area contributed by atoms with Gasteiger partial charge in [-0.15, -0.1) is 0 Å². The van der Waals surface area contributed by atoms with Crippen LogP contribution in [-0.2, 0) is 4.79 Å². The lowest BCUT2D eigenvalue weighted by Crippen LogP contribution is -2.20. The fourth-order valence-electron chi connectivity index (χ4n) is 2.14. The highest BCUT2D eigenvalue weighted by Crippen LogP contribution is 2.20. The van der Waals surface area contributed by atoms with Crippen molar-refractivity contribution in [2.75, 3.05) is 11.9 Å². The molecule has 0 atom stereocenters. The molecule has 25 heavy (non-hydrogen) atoms. The molecule has 0 aliphatic heterocycles. The normalized spacial score (nSPS) is 10.2. The summed E-state index contributed by atoms with van der Waals surface area (Å²) in [6.45, 7) is -0.153. The summed E-state index contributed by atoms with van der Waals surface area (Å²) in [5.74, 6) is 0.311. The predicted molar refractivity (Wildman–Crippen MR) is 91.0 cm³/mol. The highest BCUT2D eigenvalue weighted by atomic mass is 16.5. The van der Waals surface area contributed by atoms with E-state index in [1.807, 2.05) is 12.1 Å². The molecular formula is C18H15N3O4. The van der Waals surface area contributed by atoms with E-state index >= 15 is 0 Å². The van der Waals surface area contributed by atoms with Gasteiger partial charge in [-0.2, -0.15) is 0 Å². The zero-order chi connectivity index (χ0) is 17.6. The molecule has 3 rings (SSSR count). The second kappa shape index (κ2) is 7.31. The first-order valence-electron chi connectivity index (χ1n) is 7.43. The van der Waals surface area contributed by atoms with Crippen LogP contribution in [0.15, 0.2) is 65.5 Å². The molecule has 3 aromatic rings. The second-order valence-corrected chi connectivity index (χ2v) is 5.17. The zero-order valence-corrected chi connectivity index (χ0v) is 13.1. The van der Waals surface area contributed by atoms with Gasteiger partial charge in [-0.05, 0) is 48.5 Å². The average Bonchev–Trinajstić information content (AvgIpc) is 3.15. The Labute approximate surface area is 143 Å². The third-order valence-electron chi connectivity index (χ3n) is 3.39. The summed E-state index contributed by atoms with van der Waals surface area (Å²) < 4.78 is 10.6. The Morgan fingerprint density at radius 2 is 1.80 bits per heavy atom. The van der Waals surface area contributed by atoms with Crippen molar-refractivity contribution in [2.24, 2.45) is 5.73 Å². The molecule has 7 nitrogen and oxygen atoms in total. The van der Waals surface area contributed by atoms with Gasteiger partial charge in [0, 0.05) is 16.8 Å². The van der Waals surface area contributed by atoms with E-state index in [-0.39, 0.29) is 12.5 Å². The third-order valence-corrected chi connectivity index (χ3v) is 3.39.